The summed E-state index contributed by atoms with van der Waals surface area (Å²) in [7, 11) is 0. The first kappa shape index (κ1) is 14.6. The molecule has 2 amide bonds. The van der Waals surface area contributed by atoms with Gasteiger partial charge in [0.05, 0.1) is 6.42 Å². The second-order valence-corrected chi connectivity index (χ2v) is 2.77. The zero-order valence-corrected chi connectivity index (χ0v) is 9.02. The zero-order chi connectivity index (χ0) is 13.1. The molecule has 0 atom stereocenters. The summed E-state index contributed by atoms with van der Waals surface area (Å²) >= 11 is 0. The number of allylic oxidation sites excluding steroid dienone is 3. The molecule has 3 N–H and O–H groups in total. The summed E-state index contributed by atoms with van der Waals surface area (Å²) in [5.74, 6) is -0.924. The molecule has 7 nitrogen and oxygen atoms in total. The van der Waals surface area contributed by atoms with E-state index in [1.54, 1.807) is 18.2 Å². The van der Waals surface area contributed by atoms with E-state index in [0.29, 0.717) is 6.29 Å². The van der Waals surface area contributed by atoms with Gasteiger partial charge >= 0.3 is 12.0 Å². The monoisotopic (exact) mass is 239 g/mol. The van der Waals surface area contributed by atoms with E-state index in [4.69, 9.17) is 10.8 Å². The molecule has 0 fully saturated rings. The maximum Gasteiger partial charge on any atom is 0.339 e. The third kappa shape index (κ3) is 8.55. The Labute approximate surface area is 97.9 Å². The van der Waals surface area contributed by atoms with Crippen LogP contribution >= 0.6 is 0 Å². The minimum Gasteiger partial charge on any atom is -0.481 e. The summed E-state index contributed by atoms with van der Waals surface area (Å²) in [6.07, 6.45) is 8.78. The molecule has 0 aromatic carbocycles. The van der Waals surface area contributed by atoms with Crippen LogP contribution in [0, 0.1) is 0 Å². The normalized spacial score (nSPS) is 12.4. The number of rotatable bonds is 3. The van der Waals surface area contributed by atoms with Crippen molar-refractivity contribution in [3.8, 4) is 0 Å². The summed E-state index contributed by atoms with van der Waals surface area (Å²) in [4.78, 5) is 29.5. The van der Waals surface area contributed by atoms with Crippen LogP contribution in [0.3, 0.4) is 0 Å². The summed E-state index contributed by atoms with van der Waals surface area (Å²) in [6.45, 7) is 0. The van der Waals surface area contributed by atoms with Gasteiger partial charge in [-0.2, -0.15) is 10.1 Å². The fourth-order valence-corrected chi connectivity index (χ4v) is 0.707. The smallest absolute Gasteiger partial charge is 0.339 e. The first-order chi connectivity index (χ1) is 8.07. The van der Waals surface area contributed by atoms with Gasteiger partial charge in [0, 0.05) is 18.8 Å². The lowest BCUT2D eigenvalue weighted by atomic mass is 10.3. The van der Waals surface area contributed by atoms with Crippen LogP contribution in [0.2, 0.25) is 0 Å². The van der Waals surface area contributed by atoms with E-state index in [2.05, 4.69) is 5.10 Å². The standard InChI is InChI=1S/C6H7N3O.C4H6O3/c7-6(10)9-5-3-1-2-4-8-9;5-3-1-2-4(6)7/h1-5H,(H2,7,10);3H,1-2H2,(H,6,7). The lowest BCUT2D eigenvalue weighted by Crippen LogP contribution is -2.26. The van der Waals surface area contributed by atoms with Crippen molar-refractivity contribution in [2.75, 3.05) is 0 Å². The number of carbonyl (C=O) groups excluding carboxylic acids is 2. The van der Waals surface area contributed by atoms with Gasteiger partial charge in [-0.05, 0) is 12.2 Å². The third-order valence-electron chi connectivity index (χ3n) is 1.43. The predicted molar refractivity (Wildman–Crippen MR) is 61.1 cm³/mol. The number of nitrogens with zero attached hydrogens (tertiary/aromatic N) is 2. The number of aliphatic carboxylic acids is 1. The highest BCUT2D eigenvalue weighted by molar-refractivity contribution is 5.78. The van der Waals surface area contributed by atoms with Crippen molar-refractivity contribution >= 4 is 24.5 Å². The van der Waals surface area contributed by atoms with E-state index in [1.165, 1.54) is 12.4 Å². The quantitative estimate of drug-likeness (QED) is 0.697. The van der Waals surface area contributed by atoms with Crippen molar-refractivity contribution < 1.29 is 19.5 Å². The molecule has 0 unspecified atom stereocenters. The SMILES string of the molecule is NC(=O)N1C=CC=CC=N1.O=CCCC(=O)O. The third-order valence-corrected chi connectivity index (χ3v) is 1.43. The Morgan fingerprint density at radius 2 is 2.06 bits per heavy atom. The Hall–Kier alpha value is -2.44. The van der Waals surface area contributed by atoms with Gasteiger partial charge in [0.2, 0.25) is 0 Å². The van der Waals surface area contributed by atoms with Crippen molar-refractivity contribution in [3.63, 3.8) is 0 Å². The molecule has 1 heterocycles. The summed E-state index contributed by atoms with van der Waals surface area (Å²) in [5.41, 5.74) is 4.93. The Balaban J connectivity index is 0.000000325. The Morgan fingerprint density at radius 1 is 1.35 bits per heavy atom. The van der Waals surface area contributed by atoms with Gasteiger partial charge < -0.3 is 15.6 Å². The molecule has 17 heavy (non-hydrogen) atoms. The van der Waals surface area contributed by atoms with E-state index >= 15 is 0 Å². The van der Waals surface area contributed by atoms with Gasteiger partial charge in [-0.25, -0.2) is 4.79 Å². The number of hydrogen-bond donors (Lipinski definition) is 2. The van der Waals surface area contributed by atoms with Crippen molar-refractivity contribution in [1.82, 2.24) is 5.01 Å². The molecule has 0 aromatic heterocycles. The van der Waals surface area contributed by atoms with Gasteiger partial charge in [-0.15, -0.1) is 0 Å². The number of urea groups is 1. The van der Waals surface area contributed by atoms with Crippen molar-refractivity contribution in [2.45, 2.75) is 12.8 Å². The Bertz CT molecular complexity index is 345. The lowest BCUT2D eigenvalue weighted by molar-refractivity contribution is -0.137. The minimum absolute atomic E-state index is 0.0521. The van der Waals surface area contributed by atoms with Crippen LogP contribution in [0.25, 0.3) is 0 Å². The van der Waals surface area contributed by atoms with Crippen molar-refractivity contribution in [3.05, 3.63) is 24.4 Å². The maximum absolute atomic E-state index is 10.5. The van der Waals surface area contributed by atoms with Crippen LogP contribution in [0.15, 0.2) is 29.5 Å². The van der Waals surface area contributed by atoms with Crippen LogP contribution in [-0.4, -0.2) is 34.6 Å². The number of hydrazone groups is 1. The highest BCUT2D eigenvalue weighted by atomic mass is 16.4. The van der Waals surface area contributed by atoms with Crippen LogP contribution in [0.1, 0.15) is 12.8 Å². The van der Waals surface area contributed by atoms with Gasteiger partial charge in [0.1, 0.15) is 6.29 Å². The first-order valence-corrected chi connectivity index (χ1v) is 4.69. The summed E-state index contributed by atoms with van der Waals surface area (Å²) in [6, 6.07) is -0.587. The molecule has 1 aliphatic heterocycles. The van der Waals surface area contributed by atoms with Crippen LogP contribution in [0.4, 0.5) is 4.79 Å². The largest absolute Gasteiger partial charge is 0.481 e. The molecule has 1 aliphatic rings. The molecular weight excluding hydrogens is 226 g/mol. The Morgan fingerprint density at radius 3 is 2.53 bits per heavy atom. The summed E-state index contributed by atoms with van der Waals surface area (Å²) < 4.78 is 0. The van der Waals surface area contributed by atoms with Gasteiger partial charge in [0.25, 0.3) is 0 Å². The van der Waals surface area contributed by atoms with Crippen LogP contribution in [-0.2, 0) is 9.59 Å². The molecule has 0 saturated heterocycles. The fourth-order valence-electron chi connectivity index (χ4n) is 0.707. The number of carboxylic acids is 1. The molecule has 1 rings (SSSR count). The van der Waals surface area contributed by atoms with Gasteiger partial charge in [0.15, 0.2) is 0 Å². The number of carboxylic acid groups (broad SMARTS) is 1. The van der Waals surface area contributed by atoms with E-state index in [-0.39, 0.29) is 12.8 Å². The molecule has 7 heteroatoms. The number of nitrogens with two attached hydrogens (primary N) is 1. The lowest BCUT2D eigenvalue weighted by Gasteiger charge is -2.04. The number of amides is 2. The average Bonchev–Trinajstić information content (AvgIpc) is 2.55. The highest BCUT2D eigenvalue weighted by Crippen LogP contribution is 1.93. The molecule has 0 radical (unpaired) electrons. The zero-order valence-electron chi connectivity index (χ0n) is 9.02. The van der Waals surface area contributed by atoms with Crippen LogP contribution in [0.5, 0.6) is 0 Å². The summed E-state index contributed by atoms with van der Waals surface area (Å²) in [5, 5.41) is 12.6. The topological polar surface area (TPSA) is 113 Å². The molecule has 92 valence electrons. The van der Waals surface area contributed by atoms with Crippen molar-refractivity contribution in [2.24, 2.45) is 10.8 Å². The fraction of sp³-hybridized carbons (Fsp3) is 0.200. The molecular formula is C10H13N3O4. The second-order valence-electron chi connectivity index (χ2n) is 2.77. The van der Waals surface area contributed by atoms with E-state index in [9.17, 15) is 14.4 Å². The van der Waals surface area contributed by atoms with Gasteiger partial charge in [-0.3, -0.25) is 4.79 Å². The molecule has 0 aliphatic carbocycles. The predicted octanol–water partition coefficient (Wildman–Crippen LogP) is 0.486. The van der Waals surface area contributed by atoms with E-state index in [0.717, 1.165) is 5.01 Å². The molecule has 0 spiro atoms. The van der Waals surface area contributed by atoms with Gasteiger partial charge in [-0.1, -0.05) is 6.08 Å². The first-order valence-electron chi connectivity index (χ1n) is 4.69. The molecule has 0 aromatic rings. The maximum atomic E-state index is 10.5. The average molecular weight is 239 g/mol. The molecule has 0 bridgehead atoms. The van der Waals surface area contributed by atoms with E-state index in [1.807, 2.05) is 0 Å². The number of hydrogen-bond acceptors (Lipinski definition) is 4. The van der Waals surface area contributed by atoms with Crippen molar-refractivity contribution in [1.29, 1.82) is 0 Å². The number of carbonyl (C=O) groups is 3. The van der Waals surface area contributed by atoms with Crippen LogP contribution < -0.4 is 5.73 Å². The number of aldehydes is 1. The van der Waals surface area contributed by atoms with E-state index < -0.39 is 12.0 Å². The Kier molecular flexibility index (Phi) is 7.57. The second kappa shape index (κ2) is 8.84. The number of primary amides is 1. The highest BCUT2D eigenvalue weighted by Gasteiger charge is 2.00. The molecule has 0 saturated carbocycles. The minimum atomic E-state index is -0.924.